The van der Waals surface area contributed by atoms with Crippen LogP contribution in [0.15, 0.2) is 67.0 Å². The highest BCUT2D eigenvalue weighted by Crippen LogP contribution is 2.30. The van der Waals surface area contributed by atoms with E-state index >= 15 is 0 Å². The number of rotatable bonds is 9. The molecular weight excluding hydrogens is 548 g/mol. The Morgan fingerprint density at radius 2 is 1.98 bits per heavy atom. The van der Waals surface area contributed by atoms with E-state index in [0.29, 0.717) is 24.6 Å². The topological polar surface area (TPSA) is 111 Å². The quantitative estimate of drug-likeness (QED) is 0.238. The van der Waals surface area contributed by atoms with E-state index in [0.717, 1.165) is 79.2 Å². The summed E-state index contributed by atoms with van der Waals surface area (Å²) in [6.07, 6.45) is 5.55. The molecule has 1 aromatic carbocycles. The molecule has 2 fully saturated rings. The molecule has 2 aliphatic heterocycles. The van der Waals surface area contributed by atoms with Crippen molar-refractivity contribution in [2.24, 2.45) is 0 Å². The first-order valence-corrected chi connectivity index (χ1v) is 15.2. The van der Waals surface area contributed by atoms with Crippen molar-refractivity contribution in [3.05, 3.63) is 78.2 Å². The van der Waals surface area contributed by atoms with Crippen LogP contribution in [0.5, 0.6) is 0 Å². The van der Waals surface area contributed by atoms with Crippen LogP contribution in [0.25, 0.3) is 22.3 Å². The Hall–Kier alpha value is -3.77. The Bertz CT molecular complexity index is 1550. The van der Waals surface area contributed by atoms with Crippen molar-refractivity contribution in [3.63, 3.8) is 0 Å². The van der Waals surface area contributed by atoms with Crippen LogP contribution >= 0.6 is 11.9 Å². The summed E-state index contributed by atoms with van der Waals surface area (Å²) in [5.74, 6) is 0.690. The lowest BCUT2D eigenvalue weighted by atomic mass is 9.92. The number of piperidine rings is 1. The molecular formula is C31H36N8O2S. The van der Waals surface area contributed by atoms with Gasteiger partial charge >= 0.3 is 0 Å². The lowest BCUT2D eigenvalue weighted by Gasteiger charge is -2.40. The van der Waals surface area contributed by atoms with Crippen molar-refractivity contribution in [2.75, 3.05) is 49.6 Å². The first-order valence-electron chi connectivity index (χ1n) is 14.3. The number of carbonyl (C=O) groups is 1. The number of aromatic nitrogens is 4. The molecule has 5 heterocycles. The Morgan fingerprint density at radius 3 is 2.79 bits per heavy atom. The summed E-state index contributed by atoms with van der Waals surface area (Å²) in [5.41, 5.74) is 4.95. The molecule has 4 aromatic rings. The Labute approximate surface area is 250 Å². The van der Waals surface area contributed by atoms with Crippen molar-refractivity contribution < 1.29 is 9.53 Å². The number of nitrogens with one attached hydrogen (secondary N) is 3. The molecule has 2 saturated heterocycles. The number of hydrogen-bond donors (Lipinski definition) is 3. The molecule has 2 aliphatic rings. The molecule has 0 aliphatic carbocycles. The minimum absolute atomic E-state index is 0.0296. The number of nitrogens with zero attached hydrogens (tertiary/aromatic N) is 5. The highest BCUT2D eigenvalue weighted by molar-refractivity contribution is 8.00. The van der Waals surface area contributed by atoms with Gasteiger partial charge in [-0.2, -0.15) is 0 Å². The number of carbonyl (C=O) groups excluding carboxylic acids is 1. The predicted molar refractivity (Wildman–Crippen MR) is 168 cm³/mol. The van der Waals surface area contributed by atoms with Gasteiger partial charge in [-0.15, -0.1) is 0 Å². The van der Waals surface area contributed by atoms with Crippen LogP contribution in [-0.2, 0) is 11.3 Å². The fourth-order valence-corrected chi connectivity index (χ4v) is 6.27. The largest absolute Gasteiger partial charge is 0.378 e. The summed E-state index contributed by atoms with van der Waals surface area (Å²) in [6, 6.07) is 13.7. The van der Waals surface area contributed by atoms with Gasteiger partial charge in [-0.1, -0.05) is 30.7 Å². The highest BCUT2D eigenvalue weighted by Gasteiger charge is 2.30. The molecule has 0 bridgehead atoms. The number of morpholine rings is 1. The van der Waals surface area contributed by atoms with Crippen molar-refractivity contribution >= 4 is 40.4 Å². The second-order valence-electron chi connectivity index (χ2n) is 11.1. The predicted octanol–water partition coefficient (Wildman–Crippen LogP) is 4.84. The normalized spacial score (nSPS) is 19.6. The third-order valence-corrected chi connectivity index (χ3v) is 8.57. The fourth-order valence-electron chi connectivity index (χ4n) is 5.74. The Balaban J connectivity index is 1.11. The van der Waals surface area contributed by atoms with Crippen LogP contribution in [0.2, 0.25) is 0 Å². The third-order valence-electron chi connectivity index (χ3n) is 7.80. The van der Waals surface area contributed by atoms with E-state index in [-0.39, 0.29) is 11.4 Å². The molecule has 218 valence electrons. The maximum Gasteiger partial charge on any atom is 0.274 e. The van der Waals surface area contributed by atoms with E-state index in [1.807, 2.05) is 41.8 Å². The lowest BCUT2D eigenvalue weighted by molar-refractivity contribution is 0.102. The smallest absolute Gasteiger partial charge is 0.274 e. The lowest BCUT2D eigenvalue weighted by Crippen LogP contribution is -2.52. The minimum Gasteiger partial charge on any atom is -0.378 e. The number of benzene rings is 1. The second kappa shape index (κ2) is 12.6. The average molecular weight is 585 g/mol. The molecule has 0 saturated carbocycles. The SMILES string of the molecule is C=CSNC1(C)CCCN(Cc2ccnc(C(=O)Nc3ccc(-c4cc5c(N6CCOCC6)ncnc5[nH]4)cc3)c2)C1. The zero-order chi connectivity index (χ0) is 28.9. The van der Waals surface area contributed by atoms with Gasteiger partial charge in [0.2, 0.25) is 0 Å². The number of anilines is 2. The number of ether oxygens (including phenoxy) is 1. The van der Waals surface area contributed by atoms with Crippen LogP contribution in [0.3, 0.4) is 0 Å². The molecule has 0 radical (unpaired) electrons. The number of pyridine rings is 1. The number of aromatic amines is 1. The maximum atomic E-state index is 13.1. The van der Waals surface area contributed by atoms with Crippen LogP contribution in [0, 0.1) is 0 Å². The molecule has 10 nitrogen and oxygen atoms in total. The van der Waals surface area contributed by atoms with Crippen molar-refractivity contribution in [3.8, 4) is 11.3 Å². The van der Waals surface area contributed by atoms with Crippen LogP contribution in [0.1, 0.15) is 35.8 Å². The Kier molecular flexibility index (Phi) is 8.52. The standard InChI is InChI=1S/C31H36N8O2S/c1-3-42-37-31(2)10-4-12-38(20-31)19-22-9-11-32-27(17-22)30(40)35-24-7-5-23(6-8-24)26-18-25-28(36-26)33-21-34-29(25)39-13-15-41-16-14-39/h3,5-9,11,17-18,21,37H,1,4,10,12-16,19-20H2,2H3,(H,35,40)(H,33,34,36). The van der Waals surface area contributed by atoms with Gasteiger partial charge in [-0.05, 0) is 73.2 Å². The van der Waals surface area contributed by atoms with E-state index in [1.165, 1.54) is 0 Å². The molecule has 3 aromatic heterocycles. The van der Waals surface area contributed by atoms with E-state index in [9.17, 15) is 4.79 Å². The monoisotopic (exact) mass is 584 g/mol. The van der Waals surface area contributed by atoms with Gasteiger partial charge in [-0.3, -0.25) is 19.4 Å². The van der Waals surface area contributed by atoms with Crippen molar-refractivity contribution in [1.29, 1.82) is 0 Å². The van der Waals surface area contributed by atoms with E-state index < -0.39 is 0 Å². The average Bonchev–Trinajstić information content (AvgIpc) is 3.46. The van der Waals surface area contributed by atoms with Gasteiger partial charge < -0.3 is 19.9 Å². The van der Waals surface area contributed by atoms with Gasteiger partial charge in [0.15, 0.2) is 0 Å². The van der Waals surface area contributed by atoms with E-state index in [1.54, 1.807) is 24.5 Å². The zero-order valence-electron chi connectivity index (χ0n) is 23.8. The summed E-state index contributed by atoms with van der Waals surface area (Å²) in [7, 11) is 0. The minimum atomic E-state index is -0.229. The van der Waals surface area contributed by atoms with Gasteiger partial charge in [0.1, 0.15) is 23.5 Å². The summed E-state index contributed by atoms with van der Waals surface area (Å²) in [5, 5.41) is 5.80. The number of H-pyrrole nitrogens is 1. The van der Waals surface area contributed by atoms with Gasteiger partial charge in [0.25, 0.3) is 5.91 Å². The molecule has 1 atom stereocenters. The third kappa shape index (κ3) is 6.49. The molecule has 3 N–H and O–H groups in total. The van der Waals surface area contributed by atoms with Crippen LogP contribution < -0.4 is 14.9 Å². The number of hydrogen-bond acceptors (Lipinski definition) is 9. The molecule has 6 rings (SSSR count). The zero-order valence-corrected chi connectivity index (χ0v) is 24.6. The molecule has 42 heavy (non-hydrogen) atoms. The van der Waals surface area contributed by atoms with Crippen LogP contribution in [0.4, 0.5) is 11.5 Å². The number of fused-ring (bicyclic) bond motifs is 1. The van der Waals surface area contributed by atoms with Gasteiger partial charge in [0, 0.05) is 49.3 Å². The molecule has 11 heteroatoms. The van der Waals surface area contributed by atoms with Crippen molar-refractivity contribution in [1.82, 2.24) is 29.6 Å². The van der Waals surface area contributed by atoms with Crippen molar-refractivity contribution in [2.45, 2.75) is 31.8 Å². The number of likely N-dealkylation sites (tertiary alicyclic amines) is 1. The van der Waals surface area contributed by atoms with E-state index in [4.69, 9.17) is 4.74 Å². The number of amides is 1. The van der Waals surface area contributed by atoms with Gasteiger partial charge in [0.05, 0.1) is 18.6 Å². The van der Waals surface area contributed by atoms with Gasteiger partial charge in [-0.25, -0.2) is 9.97 Å². The summed E-state index contributed by atoms with van der Waals surface area (Å²) in [4.78, 5) is 34.5. The summed E-state index contributed by atoms with van der Waals surface area (Å²) in [6.45, 7) is 11.8. The molecule has 1 unspecified atom stereocenters. The summed E-state index contributed by atoms with van der Waals surface area (Å²) >= 11 is 1.55. The summed E-state index contributed by atoms with van der Waals surface area (Å²) < 4.78 is 9.02. The first-order chi connectivity index (χ1) is 20.5. The Morgan fingerprint density at radius 1 is 1.14 bits per heavy atom. The molecule has 0 spiro atoms. The first kappa shape index (κ1) is 28.4. The maximum absolute atomic E-state index is 13.1. The fraction of sp³-hybridized carbons (Fsp3) is 0.355. The highest BCUT2D eigenvalue weighted by atomic mass is 32.2. The van der Waals surface area contributed by atoms with E-state index in [2.05, 4.69) is 59.3 Å². The second-order valence-corrected chi connectivity index (χ2v) is 11.9. The van der Waals surface area contributed by atoms with Crippen LogP contribution in [-0.4, -0.2) is 75.7 Å². The molecule has 1 amide bonds.